The van der Waals surface area contributed by atoms with E-state index in [4.69, 9.17) is 4.74 Å². The Morgan fingerprint density at radius 1 is 0.925 bits per heavy atom. The minimum Gasteiger partial charge on any atom is -0.495 e. The van der Waals surface area contributed by atoms with Crippen LogP contribution < -0.4 is 14.4 Å². The van der Waals surface area contributed by atoms with Crippen LogP contribution in [0, 0.1) is 20.8 Å². The summed E-state index contributed by atoms with van der Waals surface area (Å²) in [4.78, 5) is 28.5. The van der Waals surface area contributed by atoms with Crippen LogP contribution in [0.1, 0.15) is 42.5 Å². The van der Waals surface area contributed by atoms with Gasteiger partial charge in [0.05, 0.1) is 17.7 Å². The normalized spacial score (nSPS) is 11.9. The molecule has 214 valence electrons. The molecule has 0 aliphatic heterocycles. The van der Waals surface area contributed by atoms with Gasteiger partial charge in [-0.2, -0.15) is 0 Å². The molecule has 0 saturated carbocycles. The summed E-state index contributed by atoms with van der Waals surface area (Å²) in [5, 5.41) is 2.85. The van der Waals surface area contributed by atoms with Crippen LogP contribution in [-0.2, 0) is 26.2 Å². The predicted octanol–water partition coefficient (Wildman–Crippen LogP) is 4.76. The number of methoxy groups -OCH3 is 1. The molecule has 0 aliphatic rings. The fraction of sp³-hybridized carbons (Fsp3) is 0.355. The Kier molecular flexibility index (Phi) is 10.3. The first-order valence-electron chi connectivity index (χ1n) is 13.3. The zero-order valence-corrected chi connectivity index (χ0v) is 24.9. The van der Waals surface area contributed by atoms with E-state index in [1.54, 1.807) is 31.2 Å². The van der Waals surface area contributed by atoms with E-state index in [0.29, 0.717) is 12.3 Å². The van der Waals surface area contributed by atoms with Gasteiger partial charge in [0.2, 0.25) is 11.8 Å². The quantitative estimate of drug-likeness (QED) is 0.342. The van der Waals surface area contributed by atoms with Crippen LogP contribution in [0.25, 0.3) is 0 Å². The standard InChI is InChI=1S/C31H39N3O5S/c1-7-17-32-31(36)25(5)33(20-26-10-8-9-23(3)18-26)30(35)21-34(28-19-24(4)13-16-29(28)39-6)40(37,38)27-14-11-22(2)12-15-27/h8-16,18-19,25H,7,17,20-21H2,1-6H3,(H,32,36). The van der Waals surface area contributed by atoms with Crippen molar-refractivity contribution in [3.8, 4) is 5.75 Å². The van der Waals surface area contributed by atoms with Crippen molar-refractivity contribution in [2.24, 2.45) is 0 Å². The molecule has 40 heavy (non-hydrogen) atoms. The van der Waals surface area contributed by atoms with Crippen molar-refractivity contribution < 1.29 is 22.7 Å². The summed E-state index contributed by atoms with van der Waals surface area (Å²) < 4.78 is 34.7. The highest BCUT2D eigenvalue weighted by molar-refractivity contribution is 7.92. The third-order valence-electron chi connectivity index (χ3n) is 6.64. The number of anilines is 1. The maximum absolute atomic E-state index is 14.1. The van der Waals surface area contributed by atoms with Gasteiger partial charge in [-0.15, -0.1) is 0 Å². The van der Waals surface area contributed by atoms with Gasteiger partial charge in [0, 0.05) is 13.1 Å². The molecule has 3 aromatic carbocycles. The van der Waals surface area contributed by atoms with Gasteiger partial charge in [-0.05, 0) is 69.5 Å². The van der Waals surface area contributed by atoms with Gasteiger partial charge in [-0.25, -0.2) is 8.42 Å². The first-order valence-corrected chi connectivity index (χ1v) is 14.8. The highest BCUT2D eigenvalue weighted by atomic mass is 32.2. The van der Waals surface area contributed by atoms with Gasteiger partial charge in [-0.1, -0.05) is 60.5 Å². The van der Waals surface area contributed by atoms with Crippen molar-refractivity contribution >= 4 is 27.5 Å². The smallest absolute Gasteiger partial charge is 0.264 e. The lowest BCUT2D eigenvalue weighted by Gasteiger charge is -2.32. The van der Waals surface area contributed by atoms with E-state index >= 15 is 0 Å². The van der Waals surface area contributed by atoms with E-state index in [-0.39, 0.29) is 23.0 Å². The molecule has 2 amide bonds. The molecule has 3 rings (SSSR count). The highest BCUT2D eigenvalue weighted by Gasteiger charge is 2.33. The van der Waals surface area contributed by atoms with E-state index < -0.39 is 28.5 Å². The summed E-state index contributed by atoms with van der Waals surface area (Å²) in [5.41, 5.74) is 3.81. The van der Waals surface area contributed by atoms with Crippen LogP contribution in [0.15, 0.2) is 71.6 Å². The van der Waals surface area contributed by atoms with E-state index in [0.717, 1.165) is 33.0 Å². The number of carbonyl (C=O) groups is 2. The zero-order valence-electron chi connectivity index (χ0n) is 24.1. The Hall–Kier alpha value is -3.85. The monoisotopic (exact) mass is 565 g/mol. The van der Waals surface area contributed by atoms with Crippen molar-refractivity contribution in [2.45, 2.75) is 58.5 Å². The molecule has 1 N–H and O–H groups in total. The van der Waals surface area contributed by atoms with Gasteiger partial charge in [-0.3, -0.25) is 13.9 Å². The minimum atomic E-state index is -4.18. The topological polar surface area (TPSA) is 96.0 Å². The summed E-state index contributed by atoms with van der Waals surface area (Å²) in [5.74, 6) is -0.503. The number of nitrogens with one attached hydrogen (secondary N) is 1. The summed E-state index contributed by atoms with van der Waals surface area (Å²) >= 11 is 0. The largest absolute Gasteiger partial charge is 0.495 e. The maximum Gasteiger partial charge on any atom is 0.264 e. The number of benzene rings is 3. The van der Waals surface area contributed by atoms with Gasteiger partial charge in [0.25, 0.3) is 10.0 Å². The van der Waals surface area contributed by atoms with E-state index in [1.807, 2.05) is 58.0 Å². The summed E-state index contributed by atoms with van der Waals surface area (Å²) in [6.45, 7) is 9.37. The van der Waals surface area contributed by atoms with Crippen LogP contribution in [-0.4, -0.2) is 51.4 Å². The lowest BCUT2D eigenvalue weighted by atomic mass is 10.1. The average molecular weight is 566 g/mol. The Balaban J connectivity index is 2.09. The molecule has 1 atom stereocenters. The second kappa shape index (κ2) is 13.5. The van der Waals surface area contributed by atoms with Gasteiger partial charge >= 0.3 is 0 Å². The Labute approximate surface area is 238 Å². The average Bonchev–Trinajstić information content (AvgIpc) is 2.93. The summed E-state index contributed by atoms with van der Waals surface area (Å²) in [6.07, 6.45) is 0.750. The zero-order chi connectivity index (χ0) is 29.4. The third kappa shape index (κ3) is 7.41. The third-order valence-corrected chi connectivity index (χ3v) is 8.42. The molecule has 0 aromatic heterocycles. The molecule has 0 aliphatic carbocycles. The van der Waals surface area contributed by atoms with Gasteiger partial charge in [0.15, 0.2) is 0 Å². The number of sulfonamides is 1. The minimum absolute atomic E-state index is 0.0495. The van der Waals surface area contributed by atoms with Crippen molar-refractivity contribution in [1.29, 1.82) is 0 Å². The Morgan fingerprint density at radius 3 is 2.20 bits per heavy atom. The lowest BCUT2D eigenvalue weighted by Crippen LogP contribution is -2.51. The highest BCUT2D eigenvalue weighted by Crippen LogP contribution is 2.34. The molecule has 0 radical (unpaired) electrons. The predicted molar refractivity (Wildman–Crippen MR) is 158 cm³/mol. The lowest BCUT2D eigenvalue weighted by molar-refractivity contribution is -0.139. The number of rotatable bonds is 12. The molecular weight excluding hydrogens is 526 g/mol. The van der Waals surface area contributed by atoms with Gasteiger partial charge < -0.3 is 15.0 Å². The molecule has 0 fully saturated rings. The molecule has 0 heterocycles. The van der Waals surface area contributed by atoms with E-state index in [2.05, 4.69) is 5.32 Å². The maximum atomic E-state index is 14.1. The second-order valence-electron chi connectivity index (χ2n) is 9.98. The van der Waals surface area contributed by atoms with Crippen LogP contribution in [0.4, 0.5) is 5.69 Å². The number of ether oxygens (including phenoxy) is 1. The number of hydrogen-bond acceptors (Lipinski definition) is 5. The van der Waals surface area contributed by atoms with Crippen LogP contribution in [0.5, 0.6) is 5.75 Å². The summed E-state index contributed by atoms with van der Waals surface area (Å²) in [6, 6.07) is 18.5. The first kappa shape index (κ1) is 30.7. The Bertz CT molecular complexity index is 1440. The van der Waals surface area contributed by atoms with Crippen molar-refractivity contribution in [1.82, 2.24) is 10.2 Å². The molecule has 0 saturated heterocycles. The van der Waals surface area contributed by atoms with Gasteiger partial charge in [0.1, 0.15) is 18.3 Å². The molecule has 3 aromatic rings. The number of carbonyl (C=O) groups excluding carboxylic acids is 2. The van der Waals surface area contributed by atoms with Crippen LogP contribution in [0.2, 0.25) is 0 Å². The van der Waals surface area contributed by atoms with E-state index in [9.17, 15) is 18.0 Å². The summed E-state index contributed by atoms with van der Waals surface area (Å²) in [7, 11) is -2.73. The van der Waals surface area contributed by atoms with Crippen LogP contribution in [0.3, 0.4) is 0 Å². The Morgan fingerprint density at radius 2 is 1.57 bits per heavy atom. The fourth-order valence-electron chi connectivity index (χ4n) is 4.33. The second-order valence-corrected chi connectivity index (χ2v) is 11.8. The van der Waals surface area contributed by atoms with E-state index in [1.165, 1.54) is 24.1 Å². The molecule has 1 unspecified atom stereocenters. The van der Waals surface area contributed by atoms with Crippen LogP contribution >= 0.6 is 0 Å². The molecule has 0 bridgehead atoms. The molecule has 8 nitrogen and oxygen atoms in total. The number of amides is 2. The van der Waals surface area contributed by atoms with Crippen molar-refractivity contribution in [2.75, 3.05) is 24.5 Å². The fourth-order valence-corrected chi connectivity index (χ4v) is 5.75. The first-order chi connectivity index (χ1) is 19.0. The molecule has 0 spiro atoms. The molecular formula is C31H39N3O5S. The molecule has 9 heteroatoms. The van der Waals surface area contributed by atoms with Crippen molar-refractivity contribution in [3.63, 3.8) is 0 Å². The van der Waals surface area contributed by atoms with Crippen molar-refractivity contribution in [3.05, 3.63) is 89.0 Å². The number of aryl methyl sites for hydroxylation is 3. The SMILES string of the molecule is CCCNC(=O)C(C)N(Cc1cccc(C)c1)C(=O)CN(c1cc(C)ccc1OC)S(=O)(=O)c1ccc(C)cc1. The number of hydrogen-bond donors (Lipinski definition) is 1. The number of nitrogens with zero attached hydrogens (tertiary/aromatic N) is 2.